The number of benzene rings is 1. The van der Waals surface area contributed by atoms with Gasteiger partial charge in [-0.1, -0.05) is 38.6 Å². The first-order valence-electron chi connectivity index (χ1n) is 9.77. The molecule has 0 aliphatic heterocycles. The molecule has 2 aromatic heterocycles. The molecule has 30 heavy (non-hydrogen) atoms. The maximum atomic E-state index is 13.8. The molecule has 2 N–H and O–H groups in total. The molecule has 0 aliphatic carbocycles. The molecule has 0 aliphatic rings. The summed E-state index contributed by atoms with van der Waals surface area (Å²) in [7, 11) is 0. The highest BCUT2D eigenvalue weighted by molar-refractivity contribution is 7.99. The average Bonchev–Trinajstić information content (AvgIpc) is 3.08. The monoisotopic (exact) mass is 434 g/mol. The number of nitrogens with zero attached hydrogens (tertiary/aromatic N) is 4. The Balaban J connectivity index is 1.78. The largest absolute Gasteiger partial charge is 0.369 e. The quantitative estimate of drug-likeness (QED) is 0.393. The lowest BCUT2D eigenvalue weighted by molar-refractivity contribution is 0.0943. The number of rotatable bonds is 9. The number of carbonyl (C=O) groups excluding carboxylic acids is 1. The van der Waals surface area contributed by atoms with E-state index in [-0.39, 0.29) is 6.54 Å². The number of carbonyl (C=O) groups is 1. The molecule has 160 valence electrons. The normalized spacial score (nSPS) is 11.3. The highest BCUT2D eigenvalue weighted by Gasteiger charge is 2.17. The van der Waals surface area contributed by atoms with E-state index in [1.807, 2.05) is 0 Å². The smallest absolute Gasteiger partial charge is 0.257 e. The fraction of sp³-hybridized carbons (Fsp3) is 0.400. The minimum atomic E-state index is -0.897. The van der Waals surface area contributed by atoms with Crippen LogP contribution in [0.2, 0.25) is 0 Å². The Morgan fingerprint density at radius 2 is 1.93 bits per heavy atom. The molecule has 2 heterocycles. The summed E-state index contributed by atoms with van der Waals surface area (Å²) in [4.78, 5) is 21.4. The van der Waals surface area contributed by atoms with Crippen molar-refractivity contribution in [1.82, 2.24) is 25.1 Å². The molecule has 0 spiro atoms. The fourth-order valence-electron chi connectivity index (χ4n) is 2.82. The van der Waals surface area contributed by atoms with Crippen LogP contribution in [0, 0.1) is 11.6 Å². The molecule has 0 fully saturated rings. The van der Waals surface area contributed by atoms with Crippen LogP contribution < -0.4 is 10.6 Å². The second-order valence-corrected chi connectivity index (χ2v) is 8.45. The van der Waals surface area contributed by atoms with Gasteiger partial charge < -0.3 is 10.6 Å². The van der Waals surface area contributed by atoms with Gasteiger partial charge in [0, 0.05) is 18.3 Å². The first kappa shape index (κ1) is 21.9. The molecule has 7 nitrogen and oxygen atoms in total. The van der Waals surface area contributed by atoms with Crippen molar-refractivity contribution >= 4 is 34.5 Å². The van der Waals surface area contributed by atoms with Crippen LogP contribution in [0.3, 0.4) is 0 Å². The minimum absolute atomic E-state index is 0.137. The van der Waals surface area contributed by atoms with E-state index in [0.29, 0.717) is 28.4 Å². The summed E-state index contributed by atoms with van der Waals surface area (Å²) in [6.07, 6.45) is 2.63. The Morgan fingerprint density at radius 3 is 2.60 bits per heavy atom. The van der Waals surface area contributed by atoms with Crippen LogP contribution in [0.5, 0.6) is 0 Å². The molecule has 0 unspecified atom stereocenters. The van der Waals surface area contributed by atoms with E-state index in [1.165, 1.54) is 6.07 Å². The summed E-state index contributed by atoms with van der Waals surface area (Å²) in [6, 6.07) is 3.32. The zero-order chi connectivity index (χ0) is 21.7. The van der Waals surface area contributed by atoms with Crippen molar-refractivity contribution in [3.05, 3.63) is 41.6 Å². The van der Waals surface area contributed by atoms with Crippen LogP contribution in [-0.2, 0) is 6.54 Å². The van der Waals surface area contributed by atoms with Crippen molar-refractivity contribution < 1.29 is 13.6 Å². The summed E-state index contributed by atoms with van der Waals surface area (Å²) in [5.74, 6) is -1.88. The first-order valence-corrected chi connectivity index (χ1v) is 10.6. The van der Waals surface area contributed by atoms with Gasteiger partial charge in [0.1, 0.15) is 23.0 Å². The van der Waals surface area contributed by atoms with Gasteiger partial charge in [-0.05, 0) is 18.6 Å². The van der Waals surface area contributed by atoms with Crippen molar-refractivity contribution in [2.75, 3.05) is 18.4 Å². The summed E-state index contributed by atoms with van der Waals surface area (Å²) in [5, 5.41) is 11.9. The van der Waals surface area contributed by atoms with E-state index >= 15 is 0 Å². The maximum Gasteiger partial charge on any atom is 0.257 e. The number of nitrogens with one attached hydrogen (secondary N) is 2. The lowest BCUT2D eigenvalue weighted by atomic mass is 10.2. The molecule has 3 rings (SSSR count). The number of halogens is 2. The Bertz CT molecular complexity index is 1020. The Labute approximate surface area is 177 Å². The second-order valence-electron chi connectivity index (χ2n) is 6.91. The number of hydrogen-bond donors (Lipinski definition) is 2. The van der Waals surface area contributed by atoms with Gasteiger partial charge in [0.2, 0.25) is 0 Å². The summed E-state index contributed by atoms with van der Waals surface area (Å²) < 4.78 is 29.2. The van der Waals surface area contributed by atoms with Gasteiger partial charge in [0.25, 0.3) is 5.91 Å². The van der Waals surface area contributed by atoms with Gasteiger partial charge in [-0.2, -0.15) is 5.10 Å². The van der Waals surface area contributed by atoms with Gasteiger partial charge in [-0.25, -0.2) is 23.4 Å². The minimum Gasteiger partial charge on any atom is -0.369 e. The third-order valence-corrected chi connectivity index (χ3v) is 5.02. The molecule has 0 saturated heterocycles. The predicted molar refractivity (Wildman–Crippen MR) is 114 cm³/mol. The number of fused-ring (bicyclic) bond motifs is 1. The predicted octanol–water partition coefficient (Wildman–Crippen LogP) is 3.86. The van der Waals surface area contributed by atoms with Crippen LogP contribution in [0.4, 0.5) is 14.6 Å². The number of thioether (sulfide) groups is 1. The number of anilines is 1. The van der Waals surface area contributed by atoms with Crippen LogP contribution >= 0.6 is 11.8 Å². The average molecular weight is 435 g/mol. The maximum absolute atomic E-state index is 13.8. The van der Waals surface area contributed by atoms with Crippen molar-refractivity contribution in [1.29, 1.82) is 0 Å². The standard InChI is InChI=1S/C20H24F2N6OS/c1-4-8-23-17-13-11-25-28(18(13)27-20(26-17)30-12(2)3)10-9-24-19(29)16-14(21)6-5-7-15(16)22/h5-7,11-12H,4,8-10H2,1-3H3,(H,24,29)(H,23,26,27). The SMILES string of the molecule is CCCNc1nc(SC(C)C)nc2c1cnn2CCNC(=O)c1c(F)cccc1F. The lowest BCUT2D eigenvalue weighted by Gasteiger charge is -2.10. The molecule has 3 aromatic rings. The Kier molecular flexibility index (Phi) is 7.20. The molecule has 0 saturated carbocycles. The van der Waals surface area contributed by atoms with Crippen molar-refractivity contribution in [2.45, 2.75) is 44.1 Å². The molecular weight excluding hydrogens is 410 g/mol. The molecule has 0 bridgehead atoms. The van der Waals surface area contributed by atoms with E-state index in [4.69, 9.17) is 0 Å². The first-order chi connectivity index (χ1) is 14.4. The van der Waals surface area contributed by atoms with Crippen molar-refractivity contribution in [3.63, 3.8) is 0 Å². The van der Waals surface area contributed by atoms with Gasteiger partial charge in [-0.15, -0.1) is 0 Å². The molecule has 1 amide bonds. The molecule has 0 atom stereocenters. The van der Waals surface area contributed by atoms with E-state index in [1.54, 1.807) is 22.6 Å². The second kappa shape index (κ2) is 9.84. The zero-order valence-corrected chi connectivity index (χ0v) is 17.9. The van der Waals surface area contributed by atoms with E-state index < -0.39 is 23.1 Å². The topological polar surface area (TPSA) is 84.7 Å². The van der Waals surface area contributed by atoms with Crippen LogP contribution in [-0.4, -0.2) is 44.0 Å². The molecule has 1 aromatic carbocycles. The van der Waals surface area contributed by atoms with Gasteiger partial charge in [0.05, 0.1) is 18.1 Å². The number of hydrogen-bond acceptors (Lipinski definition) is 6. The lowest BCUT2D eigenvalue weighted by Crippen LogP contribution is -2.29. The number of aromatic nitrogens is 4. The third kappa shape index (κ3) is 5.05. The van der Waals surface area contributed by atoms with Crippen LogP contribution in [0.15, 0.2) is 29.6 Å². The highest BCUT2D eigenvalue weighted by Crippen LogP contribution is 2.26. The fourth-order valence-corrected chi connectivity index (χ4v) is 3.52. The Morgan fingerprint density at radius 1 is 1.20 bits per heavy atom. The molecule has 10 heteroatoms. The van der Waals surface area contributed by atoms with E-state index in [0.717, 1.165) is 30.5 Å². The van der Waals surface area contributed by atoms with Gasteiger partial charge in [-0.3, -0.25) is 4.79 Å². The van der Waals surface area contributed by atoms with E-state index in [9.17, 15) is 13.6 Å². The molecular formula is C20H24F2N6OS. The van der Waals surface area contributed by atoms with Crippen molar-refractivity contribution in [3.8, 4) is 0 Å². The summed E-state index contributed by atoms with van der Waals surface area (Å²) in [5.41, 5.74) is 0.0462. The van der Waals surface area contributed by atoms with Crippen molar-refractivity contribution in [2.24, 2.45) is 0 Å². The Hall–Kier alpha value is -2.75. The van der Waals surface area contributed by atoms with Gasteiger partial charge in [0.15, 0.2) is 10.8 Å². The third-order valence-electron chi connectivity index (χ3n) is 4.16. The zero-order valence-electron chi connectivity index (χ0n) is 17.1. The van der Waals surface area contributed by atoms with Crippen LogP contribution in [0.25, 0.3) is 11.0 Å². The highest BCUT2D eigenvalue weighted by atomic mass is 32.2. The summed E-state index contributed by atoms with van der Waals surface area (Å²) in [6.45, 7) is 7.39. The van der Waals surface area contributed by atoms with E-state index in [2.05, 4.69) is 46.5 Å². The van der Waals surface area contributed by atoms with Gasteiger partial charge >= 0.3 is 0 Å². The van der Waals surface area contributed by atoms with Crippen LogP contribution in [0.1, 0.15) is 37.6 Å². The molecule has 0 radical (unpaired) electrons. The number of amides is 1. The summed E-state index contributed by atoms with van der Waals surface area (Å²) >= 11 is 1.55.